The summed E-state index contributed by atoms with van der Waals surface area (Å²) in [6.07, 6.45) is 0. The van der Waals surface area contributed by atoms with Gasteiger partial charge in [0.2, 0.25) is 0 Å². The average molecular weight is 302 g/mol. The van der Waals surface area contributed by atoms with Crippen LogP contribution in [-0.2, 0) is 6.61 Å². The van der Waals surface area contributed by atoms with Gasteiger partial charge in [0, 0.05) is 10.6 Å². The van der Waals surface area contributed by atoms with Crippen LogP contribution >= 0.6 is 11.6 Å². The second-order valence-corrected chi connectivity index (χ2v) is 4.92. The lowest BCUT2D eigenvalue weighted by molar-refractivity contribution is 0.0691. The van der Waals surface area contributed by atoms with Crippen molar-refractivity contribution in [3.63, 3.8) is 0 Å². The molecule has 21 heavy (non-hydrogen) atoms. The maximum absolute atomic E-state index is 11.2. The van der Waals surface area contributed by atoms with Gasteiger partial charge in [0.15, 0.2) is 0 Å². The molecule has 0 bridgehead atoms. The first kappa shape index (κ1) is 14.9. The van der Waals surface area contributed by atoms with Gasteiger partial charge in [-0.15, -0.1) is 0 Å². The molecule has 2 aromatic carbocycles. The van der Waals surface area contributed by atoms with E-state index in [9.17, 15) is 4.79 Å². The van der Waals surface area contributed by atoms with E-state index in [4.69, 9.17) is 26.7 Å². The summed E-state index contributed by atoms with van der Waals surface area (Å²) in [4.78, 5) is 11.2. The molecule has 0 spiro atoms. The van der Waals surface area contributed by atoms with Gasteiger partial charge >= 0.3 is 5.97 Å². The summed E-state index contributed by atoms with van der Waals surface area (Å²) in [5.74, 6) is -0.756. The Morgan fingerprint density at radius 2 is 2.10 bits per heavy atom. The Morgan fingerprint density at radius 3 is 2.71 bits per heavy atom. The molecule has 0 amide bonds. The van der Waals surface area contributed by atoms with Gasteiger partial charge in [-0.05, 0) is 31.2 Å². The molecule has 0 fully saturated rings. The number of aryl methyl sites for hydroxylation is 1. The molecule has 106 valence electrons. The van der Waals surface area contributed by atoms with Crippen LogP contribution < -0.4 is 4.74 Å². The Morgan fingerprint density at radius 1 is 1.33 bits per heavy atom. The van der Waals surface area contributed by atoms with Crippen LogP contribution in [0.15, 0.2) is 36.4 Å². The number of nitrogens with zero attached hydrogens (tertiary/aromatic N) is 1. The van der Waals surface area contributed by atoms with Crippen LogP contribution in [0, 0.1) is 18.3 Å². The quantitative estimate of drug-likeness (QED) is 0.932. The highest BCUT2D eigenvalue weighted by Crippen LogP contribution is 2.24. The van der Waals surface area contributed by atoms with Gasteiger partial charge in [0.1, 0.15) is 17.9 Å². The summed E-state index contributed by atoms with van der Waals surface area (Å²) < 4.78 is 5.55. The topological polar surface area (TPSA) is 70.3 Å². The summed E-state index contributed by atoms with van der Waals surface area (Å²) in [7, 11) is 0. The van der Waals surface area contributed by atoms with Gasteiger partial charge in [-0.2, -0.15) is 5.26 Å². The smallest absolute Gasteiger partial charge is 0.339 e. The number of halogens is 1. The minimum atomic E-state index is -1.04. The van der Waals surface area contributed by atoms with Crippen molar-refractivity contribution < 1.29 is 14.6 Å². The lowest BCUT2D eigenvalue weighted by Gasteiger charge is -2.11. The summed E-state index contributed by atoms with van der Waals surface area (Å²) in [5, 5.41) is 18.4. The van der Waals surface area contributed by atoms with E-state index in [1.54, 1.807) is 36.4 Å². The lowest BCUT2D eigenvalue weighted by Crippen LogP contribution is -2.04. The largest absolute Gasteiger partial charge is 0.488 e. The zero-order valence-electron chi connectivity index (χ0n) is 11.3. The van der Waals surface area contributed by atoms with E-state index < -0.39 is 5.97 Å². The van der Waals surface area contributed by atoms with E-state index in [-0.39, 0.29) is 17.9 Å². The molecule has 0 saturated carbocycles. The molecule has 0 aliphatic heterocycles. The number of aromatic carboxylic acids is 1. The van der Waals surface area contributed by atoms with Crippen molar-refractivity contribution in [1.82, 2.24) is 0 Å². The van der Waals surface area contributed by atoms with E-state index in [0.717, 1.165) is 5.56 Å². The third-order valence-corrected chi connectivity index (χ3v) is 3.28. The van der Waals surface area contributed by atoms with Crippen molar-refractivity contribution in [2.75, 3.05) is 0 Å². The predicted molar refractivity (Wildman–Crippen MR) is 78.6 cm³/mol. The van der Waals surface area contributed by atoms with E-state index in [2.05, 4.69) is 0 Å². The summed E-state index contributed by atoms with van der Waals surface area (Å²) >= 11 is 6.05. The minimum absolute atomic E-state index is 0.111. The number of hydrogen-bond acceptors (Lipinski definition) is 3. The van der Waals surface area contributed by atoms with Crippen molar-refractivity contribution in [3.05, 3.63) is 63.7 Å². The summed E-state index contributed by atoms with van der Waals surface area (Å²) in [5.41, 5.74) is 2.11. The molecule has 0 unspecified atom stereocenters. The molecule has 0 atom stereocenters. The molecule has 0 saturated heterocycles. The van der Waals surface area contributed by atoms with Crippen LogP contribution in [0.4, 0.5) is 0 Å². The van der Waals surface area contributed by atoms with E-state index in [0.29, 0.717) is 16.1 Å². The Kier molecular flexibility index (Phi) is 4.46. The molecule has 0 aliphatic carbocycles. The maximum Gasteiger partial charge on any atom is 0.339 e. The Labute approximate surface area is 127 Å². The van der Waals surface area contributed by atoms with Crippen molar-refractivity contribution in [2.45, 2.75) is 13.5 Å². The highest BCUT2D eigenvalue weighted by Gasteiger charge is 2.12. The fourth-order valence-electron chi connectivity index (χ4n) is 1.83. The van der Waals surface area contributed by atoms with E-state index in [1.807, 2.05) is 13.0 Å². The SMILES string of the molecule is Cc1ccc(OCc2ccc(C#N)cc2Cl)c(C(=O)O)c1. The maximum atomic E-state index is 11.2. The number of ether oxygens (including phenoxy) is 1. The van der Waals surface area contributed by atoms with Crippen LogP contribution in [0.2, 0.25) is 5.02 Å². The fraction of sp³-hybridized carbons (Fsp3) is 0.125. The molecular formula is C16H12ClNO3. The average Bonchev–Trinajstić information content (AvgIpc) is 2.46. The zero-order valence-corrected chi connectivity index (χ0v) is 12.0. The monoisotopic (exact) mass is 301 g/mol. The molecule has 2 rings (SSSR count). The number of nitriles is 1. The predicted octanol–water partition coefficient (Wildman–Crippen LogP) is 3.80. The lowest BCUT2D eigenvalue weighted by atomic mass is 10.1. The van der Waals surface area contributed by atoms with Crippen LogP contribution in [0.25, 0.3) is 0 Å². The number of hydrogen-bond donors (Lipinski definition) is 1. The minimum Gasteiger partial charge on any atom is -0.488 e. The number of rotatable bonds is 4. The van der Waals surface area contributed by atoms with Gasteiger partial charge in [0.05, 0.1) is 11.6 Å². The summed E-state index contributed by atoms with van der Waals surface area (Å²) in [6.45, 7) is 1.95. The van der Waals surface area contributed by atoms with Gasteiger partial charge in [-0.3, -0.25) is 0 Å². The van der Waals surface area contributed by atoms with Gasteiger partial charge in [-0.25, -0.2) is 4.79 Å². The third-order valence-electron chi connectivity index (χ3n) is 2.93. The van der Waals surface area contributed by atoms with Crippen molar-refractivity contribution >= 4 is 17.6 Å². The van der Waals surface area contributed by atoms with Crippen LogP contribution in [0.3, 0.4) is 0 Å². The molecule has 0 aromatic heterocycles. The molecule has 4 nitrogen and oxygen atoms in total. The van der Waals surface area contributed by atoms with Crippen LogP contribution in [0.5, 0.6) is 5.75 Å². The number of benzene rings is 2. The second kappa shape index (κ2) is 6.29. The Balaban J connectivity index is 2.21. The fourth-order valence-corrected chi connectivity index (χ4v) is 2.06. The third kappa shape index (κ3) is 3.53. The standard InChI is InChI=1S/C16H12ClNO3/c1-10-2-5-15(13(6-10)16(19)20)21-9-12-4-3-11(8-18)7-14(12)17/h2-7H,9H2,1H3,(H,19,20). The number of carbonyl (C=O) groups is 1. The Bertz CT molecular complexity index is 735. The first-order chi connectivity index (χ1) is 10.0. The van der Waals surface area contributed by atoms with Crippen LogP contribution in [0.1, 0.15) is 27.0 Å². The molecular weight excluding hydrogens is 290 g/mol. The zero-order chi connectivity index (χ0) is 15.4. The highest BCUT2D eigenvalue weighted by molar-refractivity contribution is 6.31. The van der Waals surface area contributed by atoms with Gasteiger partial charge in [-0.1, -0.05) is 29.3 Å². The number of carboxylic acid groups (broad SMARTS) is 1. The number of carboxylic acids is 1. The Hall–Kier alpha value is -2.51. The van der Waals surface area contributed by atoms with E-state index >= 15 is 0 Å². The highest BCUT2D eigenvalue weighted by atomic mass is 35.5. The second-order valence-electron chi connectivity index (χ2n) is 4.51. The normalized spacial score (nSPS) is 9.95. The molecule has 1 N–H and O–H groups in total. The molecule has 0 aliphatic rings. The first-order valence-corrected chi connectivity index (χ1v) is 6.54. The first-order valence-electron chi connectivity index (χ1n) is 6.16. The van der Waals surface area contributed by atoms with Crippen LogP contribution in [-0.4, -0.2) is 11.1 Å². The molecule has 0 heterocycles. The van der Waals surface area contributed by atoms with E-state index in [1.165, 1.54) is 0 Å². The van der Waals surface area contributed by atoms with Crippen molar-refractivity contribution in [1.29, 1.82) is 5.26 Å². The molecule has 0 radical (unpaired) electrons. The summed E-state index contributed by atoms with van der Waals surface area (Å²) in [6, 6.07) is 11.8. The van der Waals surface area contributed by atoms with Gasteiger partial charge in [0.25, 0.3) is 0 Å². The van der Waals surface area contributed by atoms with Crippen molar-refractivity contribution in [2.24, 2.45) is 0 Å². The van der Waals surface area contributed by atoms with Crippen molar-refractivity contribution in [3.8, 4) is 11.8 Å². The van der Waals surface area contributed by atoms with Gasteiger partial charge < -0.3 is 9.84 Å². The molecule has 5 heteroatoms. The molecule has 2 aromatic rings.